The van der Waals surface area contributed by atoms with Crippen LogP contribution >= 0.6 is 12.2 Å². The quantitative estimate of drug-likeness (QED) is 0.551. The van der Waals surface area contributed by atoms with Crippen LogP contribution in [0.25, 0.3) is 0 Å². The molecule has 0 unspecified atom stereocenters. The maximum atomic E-state index is 10.8. The standard InChI is InChI=1S/C7H10N2O2S/c1-5-4-6(10)11-9(5)7(12)8(2)3/h4H,1-3H3. The monoisotopic (exact) mass is 186 g/mol. The molecule has 12 heavy (non-hydrogen) atoms. The second-order valence-electron chi connectivity index (χ2n) is 2.67. The van der Waals surface area contributed by atoms with Crippen LogP contribution in [0.4, 0.5) is 0 Å². The molecule has 4 nitrogen and oxygen atoms in total. The van der Waals surface area contributed by atoms with E-state index in [1.54, 1.807) is 25.9 Å². The van der Waals surface area contributed by atoms with Gasteiger partial charge in [-0.2, -0.15) is 4.74 Å². The lowest BCUT2D eigenvalue weighted by Crippen LogP contribution is -2.27. The molecular weight excluding hydrogens is 176 g/mol. The van der Waals surface area contributed by atoms with Gasteiger partial charge < -0.3 is 9.42 Å². The summed E-state index contributed by atoms with van der Waals surface area (Å²) in [7, 11) is 3.59. The van der Waals surface area contributed by atoms with Crippen LogP contribution in [0.3, 0.4) is 0 Å². The van der Waals surface area contributed by atoms with E-state index in [0.29, 0.717) is 10.8 Å². The zero-order chi connectivity index (χ0) is 9.30. The molecule has 66 valence electrons. The van der Waals surface area contributed by atoms with E-state index in [0.717, 1.165) is 0 Å². The lowest BCUT2D eigenvalue weighted by Gasteiger charge is -2.13. The van der Waals surface area contributed by atoms with Gasteiger partial charge in [-0.25, -0.2) is 4.79 Å². The van der Waals surface area contributed by atoms with Gasteiger partial charge in [0.15, 0.2) is 0 Å². The van der Waals surface area contributed by atoms with Crippen molar-refractivity contribution in [3.8, 4) is 0 Å². The van der Waals surface area contributed by atoms with Crippen molar-refractivity contribution in [3.05, 3.63) is 22.2 Å². The molecule has 0 aromatic carbocycles. The van der Waals surface area contributed by atoms with Crippen molar-refractivity contribution in [2.45, 2.75) is 6.92 Å². The van der Waals surface area contributed by atoms with E-state index in [9.17, 15) is 4.79 Å². The second kappa shape index (κ2) is 3.10. The van der Waals surface area contributed by atoms with Crippen molar-refractivity contribution in [1.29, 1.82) is 0 Å². The van der Waals surface area contributed by atoms with E-state index < -0.39 is 0 Å². The summed E-state index contributed by atoms with van der Waals surface area (Å²) in [6, 6.07) is 1.40. The first-order chi connectivity index (χ1) is 5.52. The van der Waals surface area contributed by atoms with Crippen molar-refractivity contribution >= 4 is 17.3 Å². The summed E-state index contributed by atoms with van der Waals surface area (Å²) in [5.41, 5.74) is 0.329. The normalized spacial score (nSPS) is 9.92. The summed E-state index contributed by atoms with van der Waals surface area (Å²) >= 11 is 5.00. The Balaban J connectivity index is 3.11. The molecule has 1 aromatic heterocycles. The molecule has 0 saturated heterocycles. The Morgan fingerprint density at radius 1 is 1.67 bits per heavy atom. The summed E-state index contributed by atoms with van der Waals surface area (Å²) < 4.78 is 6.15. The van der Waals surface area contributed by atoms with Gasteiger partial charge in [-0.15, -0.1) is 0 Å². The minimum atomic E-state index is -0.378. The molecule has 0 aliphatic carbocycles. The third-order valence-corrected chi connectivity index (χ3v) is 1.92. The summed E-state index contributed by atoms with van der Waals surface area (Å²) in [6.45, 7) is 1.76. The highest BCUT2D eigenvalue weighted by Crippen LogP contribution is 1.97. The number of thiocarbonyl (C=S) groups is 1. The molecule has 1 heterocycles. The average Bonchev–Trinajstić information content (AvgIpc) is 2.28. The van der Waals surface area contributed by atoms with Gasteiger partial charge >= 0.3 is 5.63 Å². The lowest BCUT2D eigenvalue weighted by molar-refractivity contribution is 0.320. The van der Waals surface area contributed by atoms with Crippen LogP contribution in [0.5, 0.6) is 0 Å². The summed E-state index contributed by atoms with van der Waals surface area (Å²) in [5, 5.41) is 0.467. The molecule has 0 saturated carbocycles. The van der Waals surface area contributed by atoms with E-state index in [1.807, 2.05) is 0 Å². The number of aromatic nitrogens is 1. The highest BCUT2D eigenvalue weighted by molar-refractivity contribution is 7.80. The van der Waals surface area contributed by atoms with Crippen molar-refractivity contribution in [1.82, 2.24) is 9.64 Å². The smallest absolute Gasteiger partial charge is 0.353 e. The number of hydrogen-bond donors (Lipinski definition) is 0. The minimum Gasteiger partial charge on any atom is -0.353 e. The van der Waals surface area contributed by atoms with Crippen LogP contribution in [0, 0.1) is 6.92 Å². The van der Waals surface area contributed by atoms with Crippen molar-refractivity contribution in [2.75, 3.05) is 14.1 Å². The first-order valence-corrected chi connectivity index (χ1v) is 3.85. The van der Waals surface area contributed by atoms with Crippen LogP contribution in [0.1, 0.15) is 5.69 Å². The third-order valence-electron chi connectivity index (χ3n) is 1.38. The zero-order valence-corrected chi connectivity index (χ0v) is 8.01. The van der Waals surface area contributed by atoms with Crippen LogP contribution in [-0.4, -0.2) is 28.8 Å². The molecule has 5 heteroatoms. The van der Waals surface area contributed by atoms with E-state index in [1.165, 1.54) is 10.8 Å². The molecule has 0 fully saturated rings. The molecule has 0 atom stereocenters. The second-order valence-corrected chi connectivity index (χ2v) is 3.03. The first kappa shape index (κ1) is 8.99. The first-order valence-electron chi connectivity index (χ1n) is 3.44. The maximum absolute atomic E-state index is 10.8. The Morgan fingerprint density at radius 2 is 2.25 bits per heavy atom. The number of hydrogen-bond acceptors (Lipinski definition) is 3. The maximum Gasteiger partial charge on any atom is 0.358 e. The van der Waals surface area contributed by atoms with Crippen LogP contribution < -0.4 is 5.63 Å². The van der Waals surface area contributed by atoms with Crippen molar-refractivity contribution in [2.24, 2.45) is 0 Å². The fourth-order valence-corrected chi connectivity index (χ4v) is 0.970. The molecule has 1 rings (SSSR count). The minimum absolute atomic E-state index is 0.378. The molecule has 0 radical (unpaired) electrons. The molecular formula is C7H10N2O2S. The van der Waals surface area contributed by atoms with Gasteiger partial charge in [-0.1, -0.05) is 0 Å². The summed E-state index contributed by atoms with van der Waals surface area (Å²) in [6.07, 6.45) is 0. The topological polar surface area (TPSA) is 38.4 Å². The molecule has 0 aliphatic rings. The van der Waals surface area contributed by atoms with E-state index in [-0.39, 0.29) is 5.63 Å². The fraction of sp³-hybridized carbons (Fsp3) is 0.429. The third kappa shape index (κ3) is 1.55. The Bertz CT molecular complexity index is 351. The zero-order valence-electron chi connectivity index (χ0n) is 7.20. The highest BCUT2D eigenvalue weighted by atomic mass is 32.1. The van der Waals surface area contributed by atoms with E-state index in [2.05, 4.69) is 0 Å². The van der Waals surface area contributed by atoms with Crippen LogP contribution in [0.15, 0.2) is 15.4 Å². The van der Waals surface area contributed by atoms with Crippen LogP contribution in [0.2, 0.25) is 0 Å². The van der Waals surface area contributed by atoms with Crippen molar-refractivity contribution < 1.29 is 4.52 Å². The van der Waals surface area contributed by atoms with E-state index in [4.69, 9.17) is 16.7 Å². The Labute approximate surface area is 75.3 Å². The number of aryl methyl sites for hydroxylation is 1. The van der Waals surface area contributed by atoms with Gasteiger partial charge in [-0.3, -0.25) is 0 Å². The highest BCUT2D eigenvalue weighted by Gasteiger charge is 2.08. The van der Waals surface area contributed by atoms with Gasteiger partial charge in [0, 0.05) is 20.2 Å². The van der Waals surface area contributed by atoms with Gasteiger partial charge in [-0.05, 0) is 19.1 Å². The largest absolute Gasteiger partial charge is 0.358 e. The summed E-state index contributed by atoms with van der Waals surface area (Å²) in [4.78, 5) is 12.5. The summed E-state index contributed by atoms with van der Waals surface area (Å²) in [5.74, 6) is 0. The van der Waals surface area contributed by atoms with Crippen LogP contribution in [-0.2, 0) is 0 Å². The van der Waals surface area contributed by atoms with Gasteiger partial charge in [0.1, 0.15) is 0 Å². The Kier molecular flexibility index (Phi) is 2.32. The average molecular weight is 186 g/mol. The lowest BCUT2D eigenvalue weighted by atomic mass is 10.5. The predicted octanol–water partition coefficient (Wildman–Crippen LogP) is 0.444. The molecule has 0 bridgehead atoms. The molecule has 0 amide bonds. The van der Waals surface area contributed by atoms with Gasteiger partial charge in [0.25, 0.3) is 0 Å². The predicted molar refractivity (Wildman–Crippen MR) is 49.4 cm³/mol. The number of rotatable bonds is 0. The SMILES string of the molecule is Cc1cc(=O)on1C(=S)N(C)C. The number of nitrogens with zero attached hydrogens (tertiary/aromatic N) is 2. The Hall–Kier alpha value is -1.10. The molecule has 1 aromatic rings. The van der Waals surface area contributed by atoms with Gasteiger partial charge in [0.2, 0.25) is 5.11 Å². The molecule has 0 aliphatic heterocycles. The fourth-order valence-electron chi connectivity index (χ4n) is 0.789. The van der Waals surface area contributed by atoms with Crippen molar-refractivity contribution in [3.63, 3.8) is 0 Å². The van der Waals surface area contributed by atoms with Gasteiger partial charge in [0.05, 0.1) is 5.69 Å². The Morgan fingerprint density at radius 3 is 2.58 bits per heavy atom. The molecule has 0 spiro atoms. The molecule has 0 N–H and O–H groups in total. The van der Waals surface area contributed by atoms with E-state index >= 15 is 0 Å².